The van der Waals surface area contributed by atoms with Gasteiger partial charge in [-0.3, -0.25) is 4.79 Å². The molecule has 0 heterocycles. The average Bonchev–Trinajstić information content (AvgIpc) is 2.63. The molecule has 154 valence electrons. The fourth-order valence-corrected chi connectivity index (χ4v) is 3.76. The van der Waals surface area contributed by atoms with Crippen LogP contribution in [0.4, 0.5) is 0 Å². The van der Waals surface area contributed by atoms with Gasteiger partial charge >= 0.3 is 5.97 Å². The highest BCUT2D eigenvalue weighted by Crippen LogP contribution is 2.31. The van der Waals surface area contributed by atoms with Crippen molar-refractivity contribution in [3.63, 3.8) is 0 Å². The molecule has 29 heavy (non-hydrogen) atoms. The lowest BCUT2D eigenvalue weighted by molar-refractivity contribution is -0.119. The minimum absolute atomic E-state index is 0.171. The summed E-state index contributed by atoms with van der Waals surface area (Å²) in [5.41, 5.74) is 10.8. The Morgan fingerprint density at radius 1 is 1.03 bits per heavy atom. The monoisotopic (exact) mass is 479 g/mol. The molecule has 0 radical (unpaired) electrons. The summed E-state index contributed by atoms with van der Waals surface area (Å²) >= 11 is 11.7. The summed E-state index contributed by atoms with van der Waals surface area (Å²) in [6.07, 6.45) is 0. The molecular weight excluding hydrogens is 469 g/mol. The number of hydrogen-bond donors (Lipinski definition) is 2. The second-order valence-electron chi connectivity index (χ2n) is 5.33. The maximum Gasteiger partial charge on any atom is 0.367 e. The van der Waals surface area contributed by atoms with E-state index in [9.17, 15) is 18.0 Å². The zero-order chi connectivity index (χ0) is 21.8. The van der Waals surface area contributed by atoms with E-state index in [1.165, 1.54) is 24.3 Å². The lowest BCUT2D eigenvalue weighted by Gasteiger charge is -2.07. The van der Waals surface area contributed by atoms with Crippen molar-refractivity contribution in [1.82, 2.24) is 0 Å². The van der Waals surface area contributed by atoms with Crippen LogP contribution in [0, 0.1) is 0 Å². The quantitative estimate of drug-likeness (QED) is 0.203. The van der Waals surface area contributed by atoms with Gasteiger partial charge < -0.3 is 21.0 Å². The Labute approximate surface area is 179 Å². The second-order valence-corrected chi connectivity index (χ2v) is 8.68. The number of amides is 1. The van der Waals surface area contributed by atoms with E-state index in [0.29, 0.717) is 11.3 Å². The molecule has 1 amide bonds. The van der Waals surface area contributed by atoms with Crippen LogP contribution in [-0.4, -0.2) is 32.7 Å². The Kier molecular flexibility index (Phi) is 7.31. The first-order chi connectivity index (χ1) is 13.5. The zero-order valence-corrected chi connectivity index (χ0v) is 17.3. The zero-order valence-electron chi connectivity index (χ0n) is 14.3. The molecule has 0 aromatic heterocycles. The summed E-state index contributed by atoms with van der Waals surface area (Å²) < 4.78 is 28.1. The molecule has 0 bridgehead atoms. The van der Waals surface area contributed by atoms with Crippen molar-refractivity contribution in [2.24, 2.45) is 16.6 Å². The van der Waals surface area contributed by atoms with E-state index in [-0.39, 0.29) is 28.1 Å². The van der Waals surface area contributed by atoms with Gasteiger partial charge in [0.15, 0.2) is 12.4 Å². The number of rotatable bonds is 7. The maximum atomic E-state index is 12.2. The van der Waals surface area contributed by atoms with Crippen molar-refractivity contribution in [3.05, 3.63) is 57.6 Å². The minimum atomic E-state index is -4.22. The van der Waals surface area contributed by atoms with E-state index in [1.54, 1.807) is 0 Å². The number of carbonyl (C=O) groups excluding carboxylic acids is 2. The summed E-state index contributed by atoms with van der Waals surface area (Å²) in [6.45, 7) is -0.289. The van der Waals surface area contributed by atoms with Crippen LogP contribution in [0.3, 0.4) is 0 Å². The highest BCUT2D eigenvalue weighted by atomic mass is 35.7. The van der Waals surface area contributed by atoms with Gasteiger partial charge in [0, 0.05) is 16.2 Å². The SMILES string of the molecule is NC(=O)COc1ccc(/C(N)=N/OC(=O)c2cc(S(=O)(=O)Cl)c(Cl)cc2Cl)cc1. The minimum Gasteiger partial charge on any atom is -0.484 e. The van der Waals surface area contributed by atoms with E-state index in [4.69, 9.17) is 54.9 Å². The lowest BCUT2D eigenvalue weighted by Crippen LogP contribution is -2.20. The van der Waals surface area contributed by atoms with E-state index in [1.807, 2.05) is 0 Å². The molecule has 4 N–H and O–H groups in total. The van der Waals surface area contributed by atoms with E-state index >= 15 is 0 Å². The average molecular weight is 481 g/mol. The number of nitrogens with two attached hydrogens (primary N) is 2. The smallest absolute Gasteiger partial charge is 0.367 e. The number of oxime groups is 1. The third-order valence-electron chi connectivity index (χ3n) is 3.26. The number of primary amides is 1. The van der Waals surface area contributed by atoms with Gasteiger partial charge in [0.2, 0.25) is 0 Å². The Hall–Kier alpha value is -2.53. The molecule has 0 aliphatic carbocycles. The highest BCUT2D eigenvalue weighted by molar-refractivity contribution is 8.13. The Morgan fingerprint density at radius 3 is 2.21 bits per heavy atom. The maximum absolute atomic E-state index is 12.2. The molecule has 2 aromatic rings. The summed E-state index contributed by atoms with van der Waals surface area (Å²) in [4.78, 5) is 27.1. The number of amidine groups is 1. The van der Waals surface area contributed by atoms with Crippen LogP contribution in [0.5, 0.6) is 5.75 Å². The van der Waals surface area contributed by atoms with Crippen LogP contribution in [0.15, 0.2) is 46.4 Å². The normalized spacial score (nSPS) is 11.8. The molecule has 0 saturated heterocycles. The molecular formula is C16H12Cl3N3O6S. The third-order valence-corrected chi connectivity index (χ3v) is 5.36. The molecule has 0 aliphatic rings. The number of carbonyl (C=O) groups is 2. The van der Waals surface area contributed by atoms with Crippen LogP contribution >= 0.6 is 33.9 Å². The number of halogens is 3. The van der Waals surface area contributed by atoms with Gasteiger partial charge in [-0.15, -0.1) is 0 Å². The molecule has 2 aromatic carbocycles. The number of benzene rings is 2. The largest absolute Gasteiger partial charge is 0.484 e. The number of nitrogens with zero attached hydrogens (tertiary/aromatic N) is 1. The van der Waals surface area contributed by atoms with Gasteiger partial charge in [-0.25, -0.2) is 13.2 Å². The van der Waals surface area contributed by atoms with Gasteiger partial charge in [-0.2, -0.15) is 0 Å². The van der Waals surface area contributed by atoms with Crippen molar-refractivity contribution in [2.45, 2.75) is 4.90 Å². The Balaban J connectivity index is 2.17. The first-order valence-electron chi connectivity index (χ1n) is 7.49. The second kappa shape index (κ2) is 9.31. The summed E-state index contributed by atoms with van der Waals surface area (Å²) in [5.74, 6) is -1.53. The molecule has 13 heteroatoms. The molecule has 2 rings (SSSR count). The summed E-state index contributed by atoms with van der Waals surface area (Å²) in [6, 6.07) is 7.89. The van der Waals surface area contributed by atoms with Crippen molar-refractivity contribution in [3.8, 4) is 5.75 Å². The van der Waals surface area contributed by atoms with Crippen LogP contribution in [0.2, 0.25) is 10.0 Å². The number of ether oxygens (including phenoxy) is 1. The summed E-state index contributed by atoms with van der Waals surface area (Å²) in [5, 5.41) is 3.05. The Bertz CT molecular complexity index is 1090. The molecule has 9 nitrogen and oxygen atoms in total. The molecule has 0 fully saturated rings. The van der Waals surface area contributed by atoms with Crippen LogP contribution < -0.4 is 16.2 Å². The van der Waals surface area contributed by atoms with Gasteiger partial charge in [0.25, 0.3) is 15.0 Å². The number of hydrogen-bond acceptors (Lipinski definition) is 7. The summed E-state index contributed by atoms with van der Waals surface area (Å²) in [7, 11) is 1.04. The van der Waals surface area contributed by atoms with Gasteiger partial charge in [-0.05, 0) is 36.4 Å². The third kappa shape index (κ3) is 6.23. The lowest BCUT2D eigenvalue weighted by atomic mass is 10.2. The molecule has 0 saturated carbocycles. The highest BCUT2D eigenvalue weighted by Gasteiger charge is 2.22. The fourth-order valence-electron chi connectivity index (χ4n) is 1.94. The molecule has 0 spiro atoms. The molecule has 0 unspecified atom stereocenters. The van der Waals surface area contributed by atoms with Crippen molar-refractivity contribution < 1.29 is 27.6 Å². The predicted octanol–water partition coefficient (Wildman–Crippen LogP) is 2.26. The van der Waals surface area contributed by atoms with E-state index in [0.717, 1.165) is 12.1 Å². The van der Waals surface area contributed by atoms with Crippen LogP contribution in [0.1, 0.15) is 15.9 Å². The van der Waals surface area contributed by atoms with Gasteiger partial charge in [0.05, 0.1) is 15.6 Å². The van der Waals surface area contributed by atoms with Crippen LogP contribution in [0.25, 0.3) is 0 Å². The Morgan fingerprint density at radius 2 is 1.66 bits per heavy atom. The van der Waals surface area contributed by atoms with E-state index in [2.05, 4.69) is 5.16 Å². The first-order valence-corrected chi connectivity index (χ1v) is 10.6. The van der Waals surface area contributed by atoms with Gasteiger partial charge in [-0.1, -0.05) is 28.4 Å². The fraction of sp³-hybridized carbons (Fsp3) is 0.0625. The van der Waals surface area contributed by atoms with Crippen LogP contribution in [-0.2, 0) is 18.7 Å². The van der Waals surface area contributed by atoms with E-state index < -0.39 is 25.8 Å². The molecule has 0 atom stereocenters. The molecule has 0 aliphatic heterocycles. The topological polar surface area (TPSA) is 151 Å². The predicted molar refractivity (Wildman–Crippen MR) is 107 cm³/mol. The first kappa shape index (κ1) is 22.8. The van der Waals surface area contributed by atoms with Gasteiger partial charge in [0.1, 0.15) is 10.6 Å². The standard InChI is InChI=1S/C16H12Cl3N3O6S/c17-11-6-12(18)13(29(19,25)26)5-10(11)16(24)28-22-15(21)8-1-3-9(4-2-8)27-7-14(20)23/h1-6H,7H2,(H2,20,23)(H2,21,22). The van der Waals surface area contributed by atoms with Crippen molar-refractivity contribution >= 4 is 60.6 Å². The van der Waals surface area contributed by atoms with Crippen molar-refractivity contribution in [2.75, 3.05) is 6.61 Å². The van der Waals surface area contributed by atoms with Crippen molar-refractivity contribution in [1.29, 1.82) is 0 Å².